The Bertz CT molecular complexity index is 435. The number of amides is 1. The molecule has 5 nitrogen and oxygen atoms in total. The summed E-state index contributed by atoms with van der Waals surface area (Å²) in [4.78, 5) is 15.5. The summed E-state index contributed by atoms with van der Waals surface area (Å²) in [7, 11) is 0. The SMILES string of the molecule is NC(=S)c1ccnc(NC2CNC(=O)C2)c1. The van der Waals surface area contributed by atoms with E-state index in [1.165, 1.54) is 0 Å². The molecule has 1 atom stereocenters. The molecule has 1 aromatic heterocycles. The van der Waals surface area contributed by atoms with Gasteiger partial charge in [0.2, 0.25) is 5.91 Å². The van der Waals surface area contributed by atoms with E-state index in [-0.39, 0.29) is 11.9 Å². The van der Waals surface area contributed by atoms with Crippen LogP contribution in [0.5, 0.6) is 0 Å². The van der Waals surface area contributed by atoms with Crippen LogP contribution < -0.4 is 16.4 Å². The lowest BCUT2D eigenvalue weighted by Crippen LogP contribution is -2.23. The van der Waals surface area contributed by atoms with Gasteiger partial charge in [-0.2, -0.15) is 0 Å². The minimum Gasteiger partial charge on any atom is -0.389 e. The molecule has 0 aliphatic carbocycles. The lowest BCUT2D eigenvalue weighted by molar-refractivity contribution is -0.119. The molecule has 1 amide bonds. The summed E-state index contributed by atoms with van der Waals surface area (Å²) in [5.74, 6) is 0.745. The predicted molar refractivity (Wildman–Crippen MR) is 65.2 cm³/mol. The molecule has 0 saturated carbocycles. The third-order valence-corrected chi connectivity index (χ3v) is 2.61. The highest BCUT2D eigenvalue weighted by molar-refractivity contribution is 7.80. The van der Waals surface area contributed by atoms with Gasteiger partial charge in [-0.25, -0.2) is 4.98 Å². The number of anilines is 1. The highest BCUT2D eigenvalue weighted by atomic mass is 32.1. The Balaban J connectivity index is 2.07. The first-order valence-electron chi connectivity index (χ1n) is 4.94. The molecule has 0 bridgehead atoms. The zero-order valence-electron chi connectivity index (χ0n) is 8.56. The zero-order valence-corrected chi connectivity index (χ0v) is 9.38. The Kier molecular flexibility index (Phi) is 3.00. The highest BCUT2D eigenvalue weighted by Crippen LogP contribution is 2.11. The normalized spacial score (nSPS) is 19.2. The Morgan fingerprint density at radius 3 is 3.12 bits per heavy atom. The quantitative estimate of drug-likeness (QED) is 0.645. The summed E-state index contributed by atoms with van der Waals surface area (Å²) in [6.45, 7) is 0.623. The molecular formula is C10H12N4OS. The number of hydrogen-bond acceptors (Lipinski definition) is 4. The van der Waals surface area contributed by atoms with Crippen molar-refractivity contribution in [2.45, 2.75) is 12.5 Å². The van der Waals surface area contributed by atoms with E-state index >= 15 is 0 Å². The summed E-state index contributed by atoms with van der Waals surface area (Å²) in [6, 6.07) is 3.62. The minimum atomic E-state index is 0.0583. The monoisotopic (exact) mass is 236 g/mol. The number of nitrogens with zero attached hydrogens (tertiary/aromatic N) is 1. The van der Waals surface area contributed by atoms with Crippen molar-refractivity contribution in [2.75, 3.05) is 11.9 Å². The van der Waals surface area contributed by atoms with Crippen molar-refractivity contribution in [1.82, 2.24) is 10.3 Å². The van der Waals surface area contributed by atoms with Crippen molar-refractivity contribution in [1.29, 1.82) is 0 Å². The smallest absolute Gasteiger partial charge is 0.222 e. The van der Waals surface area contributed by atoms with Crippen LogP contribution in [-0.4, -0.2) is 28.5 Å². The first-order valence-corrected chi connectivity index (χ1v) is 5.35. The lowest BCUT2D eigenvalue weighted by Gasteiger charge is -2.11. The Labute approximate surface area is 98.4 Å². The van der Waals surface area contributed by atoms with E-state index in [1.54, 1.807) is 18.3 Å². The number of carbonyl (C=O) groups is 1. The van der Waals surface area contributed by atoms with E-state index in [0.717, 1.165) is 5.56 Å². The molecule has 2 rings (SSSR count). The molecule has 2 heterocycles. The Morgan fingerprint density at radius 2 is 2.50 bits per heavy atom. The maximum absolute atomic E-state index is 11.0. The average molecular weight is 236 g/mol. The van der Waals surface area contributed by atoms with Crippen LogP contribution in [0.3, 0.4) is 0 Å². The molecule has 1 aliphatic rings. The van der Waals surface area contributed by atoms with Gasteiger partial charge in [-0.05, 0) is 12.1 Å². The van der Waals surface area contributed by atoms with Crippen molar-refractivity contribution >= 4 is 28.9 Å². The fourth-order valence-electron chi connectivity index (χ4n) is 1.58. The van der Waals surface area contributed by atoms with E-state index in [9.17, 15) is 4.79 Å². The van der Waals surface area contributed by atoms with Gasteiger partial charge in [0.25, 0.3) is 0 Å². The van der Waals surface area contributed by atoms with Crippen LogP contribution in [0.2, 0.25) is 0 Å². The molecule has 1 saturated heterocycles. The van der Waals surface area contributed by atoms with Crippen LogP contribution in [0.4, 0.5) is 5.82 Å². The summed E-state index contributed by atoms with van der Waals surface area (Å²) < 4.78 is 0. The van der Waals surface area contributed by atoms with Crippen LogP contribution in [-0.2, 0) is 4.79 Å². The second kappa shape index (κ2) is 4.44. The Hall–Kier alpha value is -1.69. The summed E-state index contributed by atoms with van der Waals surface area (Å²) in [5, 5.41) is 5.90. The van der Waals surface area contributed by atoms with E-state index in [2.05, 4.69) is 15.6 Å². The first-order chi connectivity index (χ1) is 7.65. The topological polar surface area (TPSA) is 80.0 Å². The van der Waals surface area contributed by atoms with Crippen molar-refractivity contribution in [2.24, 2.45) is 5.73 Å². The largest absolute Gasteiger partial charge is 0.389 e. The number of hydrogen-bond donors (Lipinski definition) is 3. The summed E-state index contributed by atoms with van der Waals surface area (Å²) >= 11 is 4.88. The Morgan fingerprint density at radius 1 is 1.69 bits per heavy atom. The van der Waals surface area contributed by atoms with Gasteiger partial charge in [-0.15, -0.1) is 0 Å². The summed E-state index contributed by atoms with van der Waals surface area (Å²) in [5.41, 5.74) is 6.29. The number of pyridine rings is 1. The molecule has 4 N–H and O–H groups in total. The number of aromatic nitrogens is 1. The second-order valence-electron chi connectivity index (χ2n) is 3.64. The zero-order chi connectivity index (χ0) is 11.5. The molecule has 6 heteroatoms. The predicted octanol–water partition coefficient (Wildman–Crippen LogP) is 0.0162. The average Bonchev–Trinajstić information content (AvgIpc) is 2.64. The van der Waals surface area contributed by atoms with Crippen molar-refractivity contribution < 1.29 is 4.79 Å². The molecule has 1 unspecified atom stereocenters. The van der Waals surface area contributed by atoms with Gasteiger partial charge in [-0.3, -0.25) is 4.79 Å². The molecule has 0 radical (unpaired) electrons. The van der Waals surface area contributed by atoms with E-state index in [0.29, 0.717) is 23.8 Å². The van der Waals surface area contributed by atoms with Gasteiger partial charge in [0.1, 0.15) is 10.8 Å². The number of nitrogens with two attached hydrogens (primary N) is 1. The molecule has 1 aromatic rings. The van der Waals surface area contributed by atoms with Crippen LogP contribution >= 0.6 is 12.2 Å². The van der Waals surface area contributed by atoms with Gasteiger partial charge in [0.15, 0.2) is 0 Å². The van der Waals surface area contributed by atoms with Gasteiger partial charge in [0, 0.05) is 24.7 Å². The fraction of sp³-hybridized carbons (Fsp3) is 0.300. The molecule has 16 heavy (non-hydrogen) atoms. The lowest BCUT2D eigenvalue weighted by atomic mass is 10.2. The standard InChI is InChI=1S/C10H12N4OS/c11-10(16)6-1-2-12-8(3-6)14-7-4-9(15)13-5-7/h1-3,7H,4-5H2,(H2,11,16)(H,12,14)(H,13,15). The molecular weight excluding hydrogens is 224 g/mol. The third kappa shape index (κ3) is 2.46. The van der Waals surface area contributed by atoms with Gasteiger partial charge >= 0.3 is 0 Å². The molecule has 84 valence electrons. The maximum atomic E-state index is 11.0. The minimum absolute atomic E-state index is 0.0583. The number of nitrogens with one attached hydrogen (secondary N) is 2. The van der Waals surface area contributed by atoms with Crippen LogP contribution in [0.15, 0.2) is 18.3 Å². The second-order valence-corrected chi connectivity index (χ2v) is 4.08. The molecule has 0 spiro atoms. The third-order valence-electron chi connectivity index (χ3n) is 2.37. The number of thiocarbonyl (C=S) groups is 1. The fourth-order valence-corrected chi connectivity index (χ4v) is 1.71. The van der Waals surface area contributed by atoms with Crippen LogP contribution in [0, 0.1) is 0 Å². The van der Waals surface area contributed by atoms with E-state index < -0.39 is 0 Å². The van der Waals surface area contributed by atoms with Crippen molar-refractivity contribution in [3.8, 4) is 0 Å². The van der Waals surface area contributed by atoms with E-state index in [1.807, 2.05) is 0 Å². The van der Waals surface area contributed by atoms with Gasteiger partial charge in [0.05, 0.1) is 6.04 Å². The van der Waals surface area contributed by atoms with E-state index in [4.69, 9.17) is 18.0 Å². The van der Waals surface area contributed by atoms with Gasteiger partial charge in [-0.1, -0.05) is 12.2 Å². The number of carbonyl (C=O) groups excluding carboxylic acids is 1. The van der Waals surface area contributed by atoms with Crippen LogP contribution in [0.25, 0.3) is 0 Å². The first kappa shape index (κ1) is 10.8. The highest BCUT2D eigenvalue weighted by Gasteiger charge is 2.21. The maximum Gasteiger partial charge on any atom is 0.222 e. The molecule has 0 aromatic carbocycles. The van der Waals surface area contributed by atoms with Gasteiger partial charge < -0.3 is 16.4 Å². The summed E-state index contributed by atoms with van der Waals surface area (Å²) in [6.07, 6.45) is 2.11. The van der Waals surface area contributed by atoms with Crippen LogP contribution in [0.1, 0.15) is 12.0 Å². The number of rotatable bonds is 3. The molecule has 1 fully saturated rings. The molecule has 1 aliphatic heterocycles. The van der Waals surface area contributed by atoms with Crippen molar-refractivity contribution in [3.63, 3.8) is 0 Å². The van der Waals surface area contributed by atoms with Crippen molar-refractivity contribution in [3.05, 3.63) is 23.9 Å².